The summed E-state index contributed by atoms with van der Waals surface area (Å²) in [4.78, 5) is 30.3. The van der Waals surface area contributed by atoms with Crippen LogP contribution in [-0.2, 0) is 4.74 Å². The zero-order chi connectivity index (χ0) is 20.4. The van der Waals surface area contributed by atoms with Gasteiger partial charge in [-0.3, -0.25) is 19.9 Å². The van der Waals surface area contributed by atoms with Crippen LogP contribution in [0.4, 0.5) is 17.1 Å². The van der Waals surface area contributed by atoms with Gasteiger partial charge in [0.25, 0.3) is 11.6 Å². The van der Waals surface area contributed by atoms with Gasteiger partial charge in [-0.2, -0.15) is 0 Å². The molecule has 1 aliphatic heterocycles. The van der Waals surface area contributed by atoms with Crippen molar-refractivity contribution in [3.63, 3.8) is 0 Å². The number of nitro groups is 1. The second-order valence-corrected chi connectivity index (χ2v) is 6.84. The first-order valence-corrected chi connectivity index (χ1v) is 9.31. The Morgan fingerprint density at radius 1 is 1.21 bits per heavy atom. The molecule has 3 aromatic rings. The smallest absolute Gasteiger partial charge is 0.293 e. The molecule has 4 rings (SSSR count). The van der Waals surface area contributed by atoms with Crippen LogP contribution >= 0.6 is 0 Å². The molecule has 8 nitrogen and oxygen atoms in total. The van der Waals surface area contributed by atoms with Crippen molar-refractivity contribution in [2.45, 2.75) is 6.92 Å². The number of morpholine rings is 1. The predicted molar refractivity (Wildman–Crippen MR) is 111 cm³/mol. The highest BCUT2D eigenvalue weighted by molar-refractivity contribution is 6.09. The molecule has 1 fully saturated rings. The van der Waals surface area contributed by atoms with Crippen molar-refractivity contribution in [2.75, 3.05) is 36.5 Å². The molecule has 1 N–H and O–H groups in total. The molecule has 1 aromatic heterocycles. The Balaban J connectivity index is 1.65. The molecule has 148 valence electrons. The predicted octanol–water partition coefficient (Wildman–Crippen LogP) is 3.54. The summed E-state index contributed by atoms with van der Waals surface area (Å²) >= 11 is 0. The van der Waals surface area contributed by atoms with E-state index in [1.807, 2.05) is 30.0 Å². The van der Waals surface area contributed by atoms with E-state index in [1.54, 1.807) is 24.4 Å². The Hall–Kier alpha value is -3.52. The maximum atomic E-state index is 12.8. The van der Waals surface area contributed by atoms with Gasteiger partial charge in [-0.15, -0.1) is 0 Å². The van der Waals surface area contributed by atoms with Crippen LogP contribution in [0.15, 0.2) is 48.7 Å². The van der Waals surface area contributed by atoms with Gasteiger partial charge < -0.3 is 15.0 Å². The van der Waals surface area contributed by atoms with Gasteiger partial charge >= 0.3 is 0 Å². The van der Waals surface area contributed by atoms with Crippen LogP contribution in [0.1, 0.15) is 15.9 Å². The fraction of sp³-hybridized carbons (Fsp3) is 0.238. The molecule has 1 amide bonds. The highest BCUT2D eigenvalue weighted by atomic mass is 16.6. The van der Waals surface area contributed by atoms with E-state index >= 15 is 0 Å². The van der Waals surface area contributed by atoms with Crippen molar-refractivity contribution < 1.29 is 14.5 Å². The standard InChI is InChI=1S/C21H20N4O4/c1-14-4-6-17(16-3-2-8-22-20(14)16)23-21(26)15-5-7-18(19(13-15)25(27)28)24-9-11-29-12-10-24/h2-8,13H,9-12H2,1H3,(H,23,26). The number of aryl methyl sites for hydroxylation is 1. The average Bonchev–Trinajstić information content (AvgIpc) is 2.76. The quantitative estimate of drug-likeness (QED) is 0.539. The Bertz CT molecular complexity index is 1090. The molecule has 0 aliphatic carbocycles. The number of ether oxygens (including phenoxy) is 1. The monoisotopic (exact) mass is 392 g/mol. The number of carbonyl (C=O) groups excluding carboxylic acids is 1. The number of rotatable bonds is 4. The summed E-state index contributed by atoms with van der Waals surface area (Å²) in [6.45, 7) is 4.15. The Labute approximate surface area is 167 Å². The molecule has 2 aromatic carbocycles. The largest absolute Gasteiger partial charge is 0.378 e. The molecule has 0 radical (unpaired) electrons. The van der Waals surface area contributed by atoms with Crippen LogP contribution < -0.4 is 10.2 Å². The highest BCUT2D eigenvalue weighted by Gasteiger charge is 2.23. The molecule has 0 saturated carbocycles. The lowest BCUT2D eigenvalue weighted by Crippen LogP contribution is -2.36. The number of nitrogens with zero attached hydrogens (tertiary/aromatic N) is 3. The van der Waals surface area contributed by atoms with Crippen molar-refractivity contribution in [1.29, 1.82) is 0 Å². The summed E-state index contributed by atoms with van der Waals surface area (Å²) in [7, 11) is 0. The fourth-order valence-electron chi connectivity index (χ4n) is 3.50. The molecule has 0 bridgehead atoms. The van der Waals surface area contributed by atoms with Crippen LogP contribution in [0.2, 0.25) is 0 Å². The van der Waals surface area contributed by atoms with Gasteiger partial charge in [-0.25, -0.2) is 0 Å². The van der Waals surface area contributed by atoms with E-state index in [2.05, 4.69) is 10.3 Å². The summed E-state index contributed by atoms with van der Waals surface area (Å²) in [5, 5.41) is 15.3. The molecule has 0 atom stereocenters. The van der Waals surface area contributed by atoms with E-state index in [0.717, 1.165) is 16.5 Å². The Kier molecular flexibility index (Phi) is 5.09. The summed E-state index contributed by atoms with van der Waals surface area (Å²) in [6.07, 6.45) is 1.70. The number of pyridine rings is 1. The lowest BCUT2D eigenvalue weighted by molar-refractivity contribution is -0.384. The SMILES string of the molecule is Cc1ccc(NC(=O)c2ccc(N3CCOCC3)c([N+](=O)[O-])c2)c2cccnc12. The minimum absolute atomic E-state index is 0.0880. The number of benzene rings is 2. The van der Waals surface area contributed by atoms with E-state index in [4.69, 9.17) is 4.74 Å². The van der Waals surface area contributed by atoms with Gasteiger partial charge in [-0.05, 0) is 42.8 Å². The van der Waals surface area contributed by atoms with Gasteiger partial charge in [0.2, 0.25) is 0 Å². The van der Waals surface area contributed by atoms with Crippen LogP contribution in [0.5, 0.6) is 0 Å². The molecule has 0 spiro atoms. The van der Waals surface area contributed by atoms with Crippen LogP contribution in [0.25, 0.3) is 10.9 Å². The molecule has 8 heteroatoms. The number of nitro benzene ring substituents is 1. The Morgan fingerprint density at radius 2 is 2.00 bits per heavy atom. The number of aromatic nitrogens is 1. The van der Waals surface area contributed by atoms with E-state index in [1.165, 1.54) is 6.07 Å². The lowest BCUT2D eigenvalue weighted by atomic mass is 10.1. The van der Waals surface area contributed by atoms with E-state index in [-0.39, 0.29) is 11.3 Å². The van der Waals surface area contributed by atoms with E-state index < -0.39 is 10.8 Å². The molecular formula is C21H20N4O4. The Morgan fingerprint density at radius 3 is 2.76 bits per heavy atom. The van der Waals surface area contributed by atoms with E-state index in [0.29, 0.717) is 37.7 Å². The maximum absolute atomic E-state index is 12.8. The summed E-state index contributed by atoms with van der Waals surface area (Å²) < 4.78 is 5.31. The van der Waals surface area contributed by atoms with Crippen LogP contribution in [-0.4, -0.2) is 42.1 Å². The van der Waals surface area contributed by atoms with Crippen molar-refractivity contribution in [2.24, 2.45) is 0 Å². The highest BCUT2D eigenvalue weighted by Crippen LogP contribution is 2.31. The zero-order valence-electron chi connectivity index (χ0n) is 15.9. The zero-order valence-corrected chi connectivity index (χ0v) is 15.9. The first-order chi connectivity index (χ1) is 14.0. The number of nitrogens with one attached hydrogen (secondary N) is 1. The second kappa shape index (κ2) is 7.84. The fourth-order valence-corrected chi connectivity index (χ4v) is 3.50. The van der Waals surface area contributed by atoms with Gasteiger partial charge in [0.15, 0.2) is 0 Å². The van der Waals surface area contributed by atoms with E-state index in [9.17, 15) is 14.9 Å². The molecule has 29 heavy (non-hydrogen) atoms. The minimum atomic E-state index is -0.452. The lowest BCUT2D eigenvalue weighted by Gasteiger charge is -2.28. The van der Waals surface area contributed by atoms with Gasteiger partial charge in [0.05, 0.1) is 29.3 Å². The van der Waals surface area contributed by atoms with Crippen molar-refractivity contribution in [3.8, 4) is 0 Å². The van der Waals surface area contributed by atoms with Gasteiger partial charge in [0, 0.05) is 36.3 Å². The molecule has 1 saturated heterocycles. The molecule has 1 aliphatic rings. The molecular weight excluding hydrogens is 372 g/mol. The number of hydrogen-bond acceptors (Lipinski definition) is 6. The number of amides is 1. The van der Waals surface area contributed by atoms with Crippen LogP contribution in [0, 0.1) is 17.0 Å². The van der Waals surface area contributed by atoms with Crippen molar-refractivity contribution in [1.82, 2.24) is 4.98 Å². The van der Waals surface area contributed by atoms with Gasteiger partial charge in [-0.1, -0.05) is 6.07 Å². The first kappa shape index (κ1) is 18.8. The number of carbonyl (C=O) groups is 1. The summed E-state index contributed by atoms with van der Waals surface area (Å²) in [5.74, 6) is -0.407. The molecule has 2 heterocycles. The average molecular weight is 392 g/mol. The summed E-state index contributed by atoms with van der Waals surface area (Å²) in [5.41, 5.74) is 3.06. The normalized spacial score (nSPS) is 14.0. The van der Waals surface area contributed by atoms with Crippen molar-refractivity contribution >= 4 is 33.9 Å². The third kappa shape index (κ3) is 3.74. The third-order valence-corrected chi connectivity index (χ3v) is 5.01. The molecule has 0 unspecified atom stereocenters. The number of hydrogen-bond donors (Lipinski definition) is 1. The first-order valence-electron chi connectivity index (χ1n) is 9.31. The summed E-state index contributed by atoms with van der Waals surface area (Å²) in [6, 6.07) is 12.0. The van der Waals surface area contributed by atoms with Gasteiger partial charge in [0.1, 0.15) is 5.69 Å². The number of fused-ring (bicyclic) bond motifs is 1. The van der Waals surface area contributed by atoms with Crippen LogP contribution in [0.3, 0.4) is 0 Å². The second-order valence-electron chi connectivity index (χ2n) is 6.84. The maximum Gasteiger partial charge on any atom is 0.293 e. The topological polar surface area (TPSA) is 97.6 Å². The van der Waals surface area contributed by atoms with Crippen molar-refractivity contribution in [3.05, 3.63) is 69.9 Å². The third-order valence-electron chi connectivity index (χ3n) is 5.01. The number of anilines is 2. The minimum Gasteiger partial charge on any atom is -0.378 e.